The van der Waals surface area contributed by atoms with Crippen LogP contribution in [0.15, 0.2) is 36.9 Å². The summed E-state index contributed by atoms with van der Waals surface area (Å²) >= 11 is 0. The van der Waals surface area contributed by atoms with E-state index in [4.69, 9.17) is 4.74 Å². The van der Waals surface area contributed by atoms with Gasteiger partial charge in [-0.2, -0.15) is 0 Å². The zero-order valence-electron chi connectivity index (χ0n) is 8.90. The third-order valence-electron chi connectivity index (χ3n) is 2.01. The summed E-state index contributed by atoms with van der Waals surface area (Å²) in [6.07, 6.45) is 0.389. The number of rotatable bonds is 3. The van der Waals surface area contributed by atoms with E-state index in [2.05, 4.69) is 11.3 Å². The van der Waals surface area contributed by atoms with Crippen LogP contribution in [0.2, 0.25) is 0 Å². The molecule has 15 heavy (non-hydrogen) atoms. The molecule has 0 bridgehead atoms. The third kappa shape index (κ3) is 3.13. The molecular weight excluding hydrogens is 192 g/mol. The van der Waals surface area contributed by atoms with Gasteiger partial charge in [-0.15, -0.1) is 0 Å². The normalized spacial score (nSPS) is 11.6. The van der Waals surface area contributed by atoms with Crippen molar-refractivity contribution in [2.45, 2.75) is 13.0 Å². The highest BCUT2D eigenvalue weighted by atomic mass is 16.7. The predicted octanol–water partition coefficient (Wildman–Crippen LogP) is 3.01. The van der Waals surface area contributed by atoms with E-state index >= 15 is 0 Å². The Balaban J connectivity index is 2.78. The maximum atomic E-state index is 10.9. The molecule has 0 radical (unpaired) electrons. The third-order valence-corrected chi connectivity index (χ3v) is 2.01. The molecule has 1 aromatic carbocycles. The van der Waals surface area contributed by atoms with Crippen LogP contribution >= 0.6 is 0 Å². The van der Waals surface area contributed by atoms with Gasteiger partial charge in [0.05, 0.1) is 7.11 Å². The summed E-state index contributed by atoms with van der Waals surface area (Å²) in [5.74, 6) is 0. The summed E-state index contributed by atoms with van der Waals surface area (Å²) in [6, 6.07) is 7.69. The van der Waals surface area contributed by atoms with Gasteiger partial charge in [-0.05, 0) is 18.6 Å². The number of carbonyl (C=O) groups is 1. The highest BCUT2D eigenvalue weighted by Gasteiger charge is 2.12. The molecule has 0 aromatic heterocycles. The molecule has 0 aliphatic carbocycles. The van der Waals surface area contributed by atoms with Crippen LogP contribution in [-0.2, 0) is 9.47 Å². The van der Waals surface area contributed by atoms with Crippen molar-refractivity contribution >= 4 is 6.16 Å². The van der Waals surface area contributed by atoms with Crippen molar-refractivity contribution in [3.8, 4) is 0 Å². The topological polar surface area (TPSA) is 35.5 Å². The molecule has 0 fully saturated rings. The van der Waals surface area contributed by atoms with Gasteiger partial charge in [0.2, 0.25) is 0 Å². The van der Waals surface area contributed by atoms with E-state index in [9.17, 15) is 4.79 Å². The van der Waals surface area contributed by atoms with Crippen molar-refractivity contribution in [1.82, 2.24) is 0 Å². The van der Waals surface area contributed by atoms with Gasteiger partial charge in [0.15, 0.2) is 0 Å². The number of carbonyl (C=O) groups excluding carboxylic acids is 1. The molecule has 1 atom stereocenters. The van der Waals surface area contributed by atoms with E-state index in [1.54, 1.807) is 6.08 Å². The number of aryl methyl sites for hydroxylation is 1. The molecule has 1 rings (SSSR count). The Kier molecular flexibility index (Phi) is 3.92. The lowest BCUT2D eigenvalue weighted by Crippen LogP contribution is -2.09. The van der Waals surface area contributed by atoms with Gasteiger partial charge in [0.1, 0.15) is 6.10 Å². The second-order valence-electron chi connectivity index (χ2n) is 3.14. The Morgan fingerprint density at radius 1 is 1.40 bits per heavy atom. The van der Waals surface area contributed by atoms with E-state index in [0.717, 1.165) is 11.1 Å². The smallest absolute Gasteiger partial charge is 0.438 e. The Labute approximate surface area is 89.3 Å². The van der Waals surface area contributed by atoms with E-state index < -0.39 is 12.3 Å². The molecule has 1 aromatic rings. The van der Waals surface area contributed by atoms with Gasteiger partial charge >= 0.3 is 6.16 Å². The predicted molar refractivity (Wildman–Crippen MR) is 57.6 cm³/mol. The lowest BCUT2D eigenvalue weighted by atomic mass is 10.1. The van der Waals surface area contributed by atoms with E-state index in [1.165, 1.54) is 7.11 Å². The van der Waals surface area contributed by atoms with Gasteiger partial charge in [0, 0.05) is 0 Å². The summed E-state index contributed by atoms with van der Waals surface area (Å²) in [7, 11) is 1.28. The number of ether oxygens (including phenoxy) is 2. The molecule has 0 saturated heterocycles. The monoisotopic (exact) mass is 206 g/mol. The van der Waals surface area contributed by atoms with E-state index in [-0.39, 0.29) is 0 Å². The first-order valence-corrected chi connectivity index (χ1v) is 4.61. The zero-order valence-corrected chi connectivity index (χ0v) is 8.90. The maximum Gasteiger partial charge on any atom is 0.508 e. The average Bonchev–Trinajstić information content (AvgIpc) is 2.27. The molecule has 3 nitrogen and oxygen atoms in total. The van der Waals surface area contributed by atoms with E-state index in [1.807, 2.05) is 31.2 Å². The van der Waals surface area contributed by atoms with Crippen LogP contribution in [0.1, 0.15) is 17.2 Å². The summed E-state index contributed by atoms with van der Waals surface area (Å²) in [5.41, 5.74) is 2.03. The summed E-state index contributed by atoms with van der Waals surface area (Å²) in [6.45, 7) is 5.61. The fourth-order valence-electron chi connectivity index (χ4n) is 1.16. The first-order valence-electron chi connectivity index (χ1n) is 4.61. The van der Waals surface area contributed by atoms with Gasteiger partial charge in [-0.25, -0.2) is 4.79 Å². The Morgan fingerprint density at radius 3 is 2.47 bits per heavy atom. The van der Waals surface area contributed by atoms with Crippen molar-refractivity contribution in [2.75, 3.05) is 7.11 Å². The minimum Gasteiger partial charge on any atom is -0.438 e. The molecule has 0 aliphatic rings. The molecule has 0 aliphatic heterocycles. The molecule has 0 amide bonds. The van der Waals surface area contributed by atoms with Crippen molar-refractivity contribution in [3.05, 3.63) is 48.0 Å². The summed E-state index contributed by atoms with van der Waals surface area (Å²) in [4.78, 5) is 10.9. The van der Waals surface area contributed by atoms with Gasteiger partial charge in [0.25, 0.3) is 0 Å². The molecule has 80 valence electrons. The Morgan fingerprint density at radius 2 is 2.00 bits per heavy atom. The van der Waals surface area contributed by atoms with Crippen LogP contribution in [0.5, 0.6) is 0 Å². The lowest BCUT2D eigenvalue weighted by Gasteiger charge is -2.13. The Hall–Kier alpha value is -1.77. The molecule has 1 unspecified atom stereocenters. The fourth-order valence-corrected chi connectivity index (χ4v) is 1.16. The second-order valence-corrected chi connectivity index (χ2v) is 3.14. The van der Waals surface area contributed by atoms with Gasteiger partial charge < -0.3 is 9.47 Å². The summed E-state index contributed by atoms with van der Waals surface area (Å²) in [5, 5.41) is 0. The first-order chi connectivity index (χ1) is 7.17. The molecule has 0 heterocycles. The molecule has 0 saturated carbocycles. The molecule has 3 heteroatoms. The van der Waals surface area contributed by atoms with Crippen LogP contribution in [0.4, 0.5) is 4.79 Å². The van der Waals surface area contributed by atoms with Crippen LogP contribution in [0.25, 0.3) is 0 Å². The molecular formula is C12H14O3. The largest absolute Gasteiger partial charge is 0.508 e. The SMILES string of the molecule is C=CC(OC(=O)OC)c1ccc(C)cc1. The van der Waals surface area contributed by atoms with Crippen molar-refractivity contribution < 1.29 is 14.3 Å². The number of hydrogen-bond donors (Lipinski definition) is 0. The quantitative estimate of drug-likeness (QED) is 0.563. The fraction of sp³-hybridized carbons (Fsp3) is 0.250. The standard InChI is InChI=1S/C12H14O3/c1-4-11(15-12(13)14-3)10-7-5-9(2)6-8-10/h4-8,11H,1H2,2-3H3. The second kappa shape index (κ2) is 5.20. The molecule has 0 N–H and O–H groups in total. The van der Waals surface area contributed by atoms with Crippen LogP contribution in [-0.4, -0.2) is 13.3 Å². The summed E-state index contributed by atoms with van der Waals surface area (Å²) < 4.78 is 9.41. The highest BCUT2D eigenvalue weighted by molar-refractivity contribution is 5.60. The number of hydrogen-bond acceptors (Lipinski definition) is 3. The number of benzene rings is 1. The van der Waals surface area contributed by atoms with Crippen LogP contribution in [0, 0.1) is 6.92 Å². The molecule has 0 spiro atoms. The number of methoxy groups -OCH3 is 1. The van der Waals surface area contributed by atoms with E-state index in [0.29, 0.717) is 0 Å². The maximum absolute atomic E-state index is 10.9. The minimum atomic E-state index is -0.708. The first kappa shape index (κ1) is 11.3. The zero-order chi connectivity index (χ0) is 11.3. The van der Waals surface area contributed by atoms with Gasteiger partial charge in [-0.3, -0.25) is 0 Å². The van der Waals surface area contributed by atoms with Crippen LogP contribution in [0.3, 0.4) is 0 Å². The minimum absolute atomic E-state index is 0.460. The lowest BCUT2D eigenvalue weighted by molar-refractivity contribution is 0.0523. The Bertz CT molecular complexity index is 340. The van der Waals surface area contributed by atoms with Gasteiger partial charge in [-0.1, -0.05) is 36.4 Å². The van der Waals surface area contributed by atoms with Crippen molar-refractivity contribution in [2.24, 2.45) is 0 Å². The van der Waals surface area contributed by atoms with Crippen LogP contribution < -0.4 is 0 Å². The van der Waals surface area contributed by atoms with Crippen molar-refractivity contribution in [1.29, 1.82) is 0 Å². The van der Waals surface area contributed by atoms with Crippen molar-refractivity contribution in [3.63, 3.8) is 0 Å². The highest BCUT2D eigenvalue weighted by Crippen LogP contribution is 2.19. The average molecular weight is 206 g/mol.